The van der Waals surface area contributed by atoms with E-state index in [1.165, 1.54) is 37.6 Å². The molecule has 3 aromatic heterocycles. The molecule has 7 heteroatoms. The number of H-pyrrole nitrogens is 1. The summed E-state index contributed by atoms with van der Waals surface area (Å²) in [5.74, 6) is 2.41. The first-order chi connectivity index (χ1) is 16.3. The summed E-state index contributed by atoms with van der Waals surface area (Å²) in [7, 11) is 1.68. The number of nitrogens with zero attached hydrogens (tertiary/aromatic N) is 4. The Labute approximate surface area is 191 Å². The van der Waals surface area contributed by atoms with Crippen molar-refractivity contribution in [2.24, 2.45) is 0 Å². The zero-order valence-electron chi connectivity index (χ0n) is 18.6. The fraction of sp³-hybridized carbons (Fsp3) is 0.269. The molecule has 6 rings (SSSR count). The molecule has 1 aliphatic carbocycles. The molecule has 7 nitrogen and oxygen atoms in total. The van der Waals surface area contributed by atoms with E-state index in [1.54, 1.807) is 13.3 Å². The first-order valence-corrected chi connectivity index (χ1v) is 11.5. The van der Waals surface area contributed by atoms with Gasteiger partial charge in [-0.2, -0.15) is 5.10 Å². The van der Waals surface area contributed by atoms with Gasteiger partial charge in [-0.15, -0.1) is 0 Å². The topological polar surface area (TPSA) is 80.7 Å². The van der Waals surface area contributed by atoms with Crippen molar-refractivity contribution in [1.29, 1.82) is 0 Å². The quantitative estimate of drug-likeness (QED) is 0.340. The Morgan fingerprint density at radius 2 is 1.94 bits per heavy atom. The molecular formula is C26H26N6O. The van der Waals surface area contributed by atoms with Gasteiger partial charge >= 0.3 is 0 Å². The molecule has 1 saturated carbocycles. The monoisotopic (exact) mass is 438 g/mol. The number of rotatable bonds is 5. The maximum absolute atomic E-state index is 5.54. The van der Waals surface area contributed by atoms with Gasteiger partial charge in [-0.3, -0.25) is 10.1 Å². The Morgan fingerprint density at radius 3 is 2.82 bits per heavy atom. The van der Waals surface area contributed by atoms with Crippen LogP contribution < -0.4 is 10.1 Å². The average Bonchev–Trinajstić information content (AvgIpc) is 3.45. The van der Waals surface area contributed by atoms with E-state index < -0.39 is 0 Å². The minimum Gasteiger partial charge on any atom is -0.496 e. The number of benzene rings is 2. The van der Waals surface area contributed by atoms with Gasteiger partial charge in [0.15, 0.2) is 5.82 Å². The highest BCUT2D eigenvalue weighted by Crippen LogP contribution is 2.37. The second-order valence-electron chi connectivity index (χ2n) is 8.62. The fourth-order valence-electron chi connectivity index (χ4n) is 5.00. The standard InChI is InChI=1S/C26H26N6O/c1-33-24-13-14-27-16-20(24)17-11-12-21-19(15-17)25(31-30-21)29-26-28-22-9-5-6-10-23(22)32(26)18-7-3-2-4-8-18/h5-6,9-16,18H,2-4,7-8H2,1H3,(H2,28,29,30,31). The van der Waals surface area contributed by atoms with Crippen LogP contribution in [0.1, 0.15) is 38.1 Å². The number of fused-ring (bicyclic) bond motifs is 2. The van der Waals surface area contributed by atoms with Crippen molar-refractivity contribution in [3.05, 3.63) is 60.9 Å². The molecule has 33 heavy (non-hydrogen) atoms. The van der Waals surface area contributed by atoms with E-state index in [-0.39, 0.29) is 0 Å². The van der Waals surface area contributed by atoms with Crippen molar-refractivity contribution in [2.75, 3.05) is 12.4 Å². The zero-order valence-corrected chi connectivity index (χ0v) is 18.6. The van der Waals surface area contributed by atoms with Crippen LogP contribution in [-0.2, 0) is 0 Å². The molecule has 2 aromatic carbocycles. The number of aromatic nitrogens is 5. The van der Waals surface area contributed by atoms with Crippen LogP contribution in [0.4, 0.5) is 11.8 Å². The summed E-state index contributed by atoms with van der Waals surface area (Å²) in [5.41, 5.74) is 5.12. The third-order valence-electron chi connectivity index (χ3n) is 6.64. The van der Waals surface area contributed by atoms with Gasteiger partial charge in [0.25, 0.3) is 0 Å². The predicted molar refractivity (Wildman–Crippen MR) is 131 cm³/mol. The number of hydrogen-bond acceptors (Lipinski definition) is 5. The molecule has 0 aliphatic heterocycles. The zero-order chi connectivity index (χ0) is 22.2. The fourth-order valence-corrected chi connectivity index (χ4v) is 5.00. The van der Waals surface area contributed by atoms with Crippen LogP contribution >= 0.6 is 0 Å². The Bertz CT molecular complexity index is 1430. The summed E-state index contributed by atoms with van der Waals surface area (Å²) >= 11 is 0. The molecule has 0 radical (unpaired) electrons. The number of hydrogen-bond donors (Lipinski definition) is 2. The summed E-state index contributed by atoms with van der Waals surface area (Å²) in [6, 6.07) is 16.9. The van der Waals surface area contributed by atoms with Gasteiger partial charge in [0.05, 0.1) is 23.7 Å². The second-order valence-corrected chi connectivity index (χ2v) is 8.62. The van der Waals surface area contributed by atoms with Gasteiger partial charge in [-0.1, -0.05) is 37.5 Å². The summed E-state index contributed by atoms with van der Waals surface area (Å²) < 4.78 is 7.92. The number of imidazole rings is 1. The molecule has 3 heterocycles. The molecule has 0 amide bonds. The Kier molecular flexibility index (Phi) is 4.94. The summed E-state index contributed by atoms with van der Waals surface area (Å²) in [4.78, 5) is 9.23. The minimum atomic E-state index is 0.453. The van der Waals surface area contributed by atoms with Crippen LogP contribution in [0.3, 0.4) is 0 Å². The highest BCUT2D eigenvalue weighted by molar-refractivity contribution is 5.95. The van der Waals surface area contributed by atoms with Gasteiger partial charge in [0, 0.05) is 29.4 Å². The molecule has 5 aromatic rings. The SMILES string of the molecule is COc1ccncc1-c1ccc2[nH]nc(Nc3nc4ccccc4n3C3CCCCC3)c2c1. The third kappa shape index (κ3) is 3.50. The Hall–Kier alpha value is -3.87. The van der Waals surface area contributed by atoms with E-state index in [4.69, 9.17) is 9.72 Å². The van der Waals surface area contributed by atoms with E-state index in [9.17, 15) is 0 Å². The molecule has 0 saturated heterocycles. The number of methoxy groups -OCH3 is 1. The maximum atomic E-state index is 5.54. The van der Waals surface area contributed by atoms with Crippen LogP contribution in [0.15, 0.2) is 60.9 Å². The van der Waals surface area contributed by atoms with Crippen molar-refractivity contribution in [3.8, 4) is 16.9 Å². The highest BCUT2D eigenvalue weighted by atomic mass is 16.5. The maximum Gasteiger partial charge on any atom is 0.209 e. The van der Waals surface area contributed by atoms with Crippen LogP contribution in [0.25, 0.3) is 33.1 Å². The van der Waals surface area contributed by atoms with Gasteiger partial charge in [-0.05, 0) is 48.7 Å². The highest BCUT2D eigenvalue weighted by Gasteiger charge is 2.22. The summed E-state index contributed by atoms with van der Waals surface area (Å²) in [6.45, 7) is 0. The molecule has 0 atom stereocenters. The van der Waals surface area contributed by atoms with E-state index in [0.717, 1.165) is 45.1 Å². The molecule has 2 N–H and O–H groups in total. The van der Waals surface area contributed by atoms with Gasteiger partial charge in [0.2, 0.25) is 5.95 Å². The first kappa shape index (κ1) is 19.8. The average molecular weight is 439 g/mol. The molecular weight excluding hydrogens is 412 g/mol. The van der Waals surface area contributed by atoms with E-state index in [2.05, 4.69) is 55.4 Å². The van der Waals surface area contributed by atoms with E-state index in [1.807, 2.05) is 24.4 Å². The smallest absolute Gasteiger partial charge is 0.209 e. The molecule has 0 unspecified atom stereocenters. The number of ether oxygens (including phenoxy) is 1. The predicted octanol–water partition coefficient (Wildman–Crippen LogP) is 6.23. The van der Waals surface area contributed by atoms with Crippen LogP contribution in [0, 0.1) is 0 Å². The largest absolute Gasteiger partial charge is 0.496 e. The van der Waals surface area contributed by atoms with Crippen LogP contribution in [-0.4, -0.2) is 31.8 Å². The number of anilines is 2. The van der Waals surface area contributed by atoms with Crippen LogP contribution in [0.5, 0.6) is 5.75 Å². The van der Waals surface area contributed by atoms with Crippen molar-refractivity contribution >= 4 is 33.7 Å². The lowest BCUT2D eigenvalue weighted by molar-refractivity contribution is 0.362. The Morgan fingerprint density at radius 1 is 1.06 bits per heavy atom. The van der Waals surface area contributed by atoms with Crippen LogP contribution in [0.2, 0.25) is 0 Å². The first-order valence-electron chi connectivity index (χ1n) is 11.5. The molecule has 0 bridgehead atoms. The van der Waals surface area contributed by atoms with Gasteiger partial charge < -0.3 is 14.6 Å². The van der Waals surface area contributed by atoms with Gasteiger partial charge in [0.1, 0.15) is 5.75 Å². The molecule has 1 fully saturated rings. The lowest BCUT2D eigenvalue weighted by Crippen LogP contribution is -2.15. The Balaban J connectivity index is 1.44. The summed E-state index contributed by atoms with van der Waals surface area (Å²) in [6.07, 6.45) is 9.77. The minimum absolute atomic E-state index is 0.453. The van der Waals surface area contributed by atoms with Crippen molar-refractivity contribution in [1.82, 2.24) is 24.7 Å². The number of nitrogens with one attached hydrogen (secondary N) is 2. The lowest BCUT2D eigenvalue weighted by Gasteiger charge is -2.25. The van der Waals surface area contributed by atoms with E-state index >= 15 is 0 Å². The van der Waals surface area contributed by atoms with Crippen molar-refractivity contribution in [2.45, 2.75) is 38.1 Å². The second kappa shape index (κ2) is 8.24. The number of para-hydroxylation sites is 2. The normalized spacial score (nSPS) is 14.7. The van der Waals surface area contributed by atoms with Gasteiger partial charge in [-0.25, -0.2) is 4.98 Å². The summed E-state index contributed by atoms with van der Waals surface area (Å²) in [5, 5.41) is 12.3. The molecule has 0 spiro atoms. The third-order valence-corrected chi connectivity index (χ3v) is 6.64. The van der Waals surface area contributed by atoms with Crippen molar-refractivity contribution < 1.29 is 4.74 Å². The molecule has 166 valence electrons. The van der Waals surface area contributed by atoms with E-state index in [0.29, 0.717) is 6.04 Å². The lowest BCUT2D eigenvalue weighted by atomic mass is 9.95. The van der Waals surface area contributed by atoms with Crippen molar-refractivity contribution in [3.63, 3.8) is 0 Å². The number of aromatic amines is 1. The number of pyridine rings is 1. The molecule has 1 aliphatic rings.